The lowest BCUT2D eigenvalue weighted by molar-refractivity contribution is -0.206. The Hall–Kier alpha value is -2.84. The molecule has 7 heteroatoms. The second-order valence-corrected chi connectivity index (χ2v) is 15.9. The van der Waals surface area contributed by atoms with Gasteiger partial charge in [-0.05, 0) is 59.2 Å². The van der Waals surface area contributed by atoms with Gasteiger partial charge in [-0.15, -0.1) is 0 Å². The highest BCUT2D eigenvalue weighted by Gasteiger charge is 2.62. The van der Waals surface area contributed by atoms with Crippen molar-refractivity contribution in [3.8, 4) is 0 Å². The predicted molar refractivity (Wildman–Crippen MR) is 167 cm³/mol. The van der Waals surface area contributed by atoms with Gasteiger partial charge in [-0.2, -0.15) is 0 Å². The van der Waals surface area contributed by atoms with Crippen LogP contribution in [-0.4, -0.2) is 46.7 Å². The van der Waals surface area contributed by atoms with E-state index in [1.54, 1.807) is 0 Å². The molecule has 228 valence electrons. The molecule has 0 aromatic heterocycles. The molecular weight excluding hydrogens is 559 g/mol. The summed E-state index contributed by atoms with van der Waals surface area (Å²) in [4.78, 5) is 13.0. The summed E-state index contributed by atoms with van der Waals surface area (Å²) in [5.74, 6) is -0.646. The van der Waals surface area contributed by atoms with Crippen molar-refractivity contribution in [1.29, 1.82) is 0 Å². The second-order valence-electron chi connectivity index (χ2n) is 13.5. The summed E-state index contributed by atoms with van der Waals surface area (Å²) in [6.07, 6.45) is 3.09. The zero-order valence-corrected chi connectivity index (χ0v) is 26.6. The Morgan fingerprint density at radius 3 is 2.16 bits per heavy atom. The number of fused-ring (bicyclic) bond motifs is 1. The minimum absolute atomic E-state index is 0.0605. The van der Waals surface area contributed by atoms with Crippen LogP contribution in [0.25, 0.3) is 0 Å². The van der Waals surface area contributed by atoms with Gasteiger partial charge in [-0.25, -0.2) is 4.39 Å². The Labute approximate surface area is 256 Å². The molecule has 6 atom stereocenters. The van der Waals surface area contributed by atoms with Crippen molar-refractivity contribution in [3.63, 3.8) is 0 Å². The molecule has 0 amide bonds. The summed E-state index contributed by atoms with van der Waals surface area (Å²) in [6.45, 7) is 7.68. The molecule has 3 aromatic carbocycles. The van der Waals surface area contributed by atoms with Crippen LogP contribution < -0.4 is 10.4 Å². The average molecular weight is 603 g/mol. The van der Waals surface area contributed by atoms with Crippen LogP contribution in [0.15, 0.2) is 84.9 Å². The standard InChI is InChI=1S/C36H43FO5Si/c1-35(2,3)34(42-43(27-12-6-4-7-13-27)28-14-8-5-9-15-28)33-29-24-40-31(38)23-36(29,25-17-19-26(37)20-18-25)22-30(33)41-32-16-10-11-21-39-32/h4-9,12-15,17-20,29-30,32-34,43H,10-11,16,21-24H2,1-3H3/t29-,30-,32?,33+,34?,36-/m1/s1. The van der Waals surface area contributed by atoms with Gasteiger partial charge in [0.05, 0.1) is 25.2 Å². The van der Waals surface area contributed by atoms with E-state index < -0.39 is 14.5 Å². The van der Waals surface area contributed by atoms with Crippen molar-refractivity contribution in [1.82, 2.24) is 0 Å². The number of rotatable bonds is 8. The largest absolute Gasteiger partial charge is 0.465 e. The number of hydrogen-bond acceptors (Lipinski definition) is 5. The third-order valence-corrected chi connectivity index (χ3v) is 12.2. The lowest BCUT2D eigenvalue weighted by Crippen LogP contribution is -2.55. The molecule has 2 saturated heterocycles. The first-order valence-electron chi connectivity index (χ1n) is 15.7. The van der Waals surface area contributed by atoms with E-state index in [1.165, 1.54) is 22.5 Å². The molecule has 0 N–H and O–H groups in total. The molecule has 1 saturated carbocycles. The molecular formula is C36H43FO5Si. The van der Waals surface area contributed by atoms with E-state index in [2.05, 4.69) is 69.3 Å². The number of carbonyl (C=O) groups is 1. The third kappa shape index (κ3) is 6.37. The normalized spacial score (nSPS) is 28.3. The van der Waals surface area contributed by atoms with E-state index in [0.717, 1.165) is 24.8 Å². The molecule has 3 aliphatic rings. The van der Waals surface area contributed by atoms with Crippen molar-refractivity contribution >= 4 is 25.4 Å². The van der Waals surface area contributed by atoms with Crippen LogP contribution in [0.1, 0.15) is 58.4 Å². The van der Waals surface area contributed by atoms with E-state index in [4.69, 9.17) is 18.6 Å². The Balaban J connectivity index is 1.45. The van der Waals surface area contributed by atoms with Crippen LogP contribution in [0.3, 0.4) is 0 Å². The van der Waals surface area contributed by atoms with Gasteiger partial charge in [0, 0.05) is 23.9 Å². The monoisotopic (exact) mass is 602 g/mol. The maximum Gasteiger partial charge on any atom is 0.306 e. The smallest absolute Gasteiger partial charge is 0.306 e. The minimum Gasteiger partial charge on any atom is -0.465 e. The van der Waals surface area contributed by atoms with Gasteiger partial charge in [-0.1, -0.05) is 93.6 Å². The summed E-state index contributed by atoms with van der Waals surface area (Å²) in [5.41, 5.74) is 0.162. The van der Waals surface area contributed by atoms with Gasteiger partial charge in [0.2, 0.25) is 9.04 Å². The maximum absolute atomic E-state index is 14.1. The van der Waals surface area contributed by atoms with Crippen LogP contribution in [0, 0.1) is 23.1 Å². The lowest BCUT2D eigenvalue weighted by atomic mass is 9.65. The zero-order chi connectivity index (χ0) is 30.0. The van der Waals surface area contributed by atoms with E-state index in [0.29, 0.717) is 13.0 Å². The van der Waals surface area contributed by atoms with Crippen LogP contribution >= 0.6 is 0 Å². The van der Waals surface area contributed by atoms with Crippen LogP contribution in [0.4, 0.5) is 4.39 Å². The van der Waals surface area contributed by atoms with Crippen molar-refractivity contribution in [3.05, 3.63) is 96.3 Å². The highest BCUT2D eigenvalue weighted by molar-refractivity contribution is 6.80. The molecule has 0 radical (unpaired) electrons. The molecule has 3 fully saturated rings. The van der Waals surface area contributed by atoms with Crippen molar-refractivity contribution in [2.45, 2.75) is 76.8 Å². The van der Waals surface area contributed by atoms with Crippen LogP contribution in [0.2, 0.25) is 0 Å². The van der Waals surface area contributed by atoms with Crippen LogP contribution in [0.5, 0.6) is 0 Å². The molecule has 2 heterocycles. The number of halogens is 1. The van der Waals surface area contributed by atoms with Gasteiger partial charge in [-0.3, -0.25) is 4.79 Å². The molecule has 1 aliphatic carbocycles. The Morgan fingerprint density at radius 2 is 1.58 bits per heavy atom. The molecule has 5 nitrogen and oxygen atoms in total. The van der Waals surface area contributed by atoms with E-state index >= 15 is 0 Å². The molecule has 0 spiro atoms. The fourth-order valence-electron chi connectivity index (χ4n) is 7.64. The first kappa shape index (κ1) is 30.2. The first-order valence-corrected chi connectivity index (χ1v) is 17.3. The van der Waals surface area contributed by atoms with Crippen LogP contribution in [-0.2, 0) is 28.8 Å². The SMILES string of the molecule is CC(C)(C)C(O[SiH](c1ccccc1)c1ccccc1)[C@H]1[C@H]2COC(=O)C[C@@]2(c2ccc(F)cc2)C[C@H]1OC1CCCCO1. The first-order chi connectivity index (χ1) is 20.7. The van der Waals surface area contributed by atoms with Gasteiger partial charge in [0.25, 0.3) is 0 Å². The molecule has 6 rings (SSSR count). The van der Waals surface area contributed by atoms with E-state index in [-0.39, 0.29) is 60.6 Å². The van der Waals surface area contributed by atoms with E-state index in [1.807, 2.05) is 24.3 Å². The Bertz CT molecular complexity index is 1320. The van der Waals surface area contributed by atoms with Gasteiger partial charge >= 0.3 is 5.97 Å². The minimum atomic E-state index is -2.15. The number of carbonyl (C=O) groups excluding carboxylic acids is 1. The number of esters is 1. The average Bonchev–Trinajstić information content (AvgIpc) is 3.32. The lowest BCUT2D eigenvalue weighted by Gasteiger charge is -2.46. The third-order valence-electron chi connectivity index (χ3n) is 9.63. The summed E-state index contributed by atoms with van der Waals surface area (Å²) >= 11 is 0. The quantitative estimate of drug-likeness (QED) is 0.251. The molecule has 43 heavy (non-hydrogen) atoms. The highest BCUT2D eigenvalue weighted by atomic mass is 28.3. The maximum atomic E-state index is 14.1. The van der Waals surface area contributed by atoms with Crippen molar-refractivity contribution < 1.29 is 27.8 Å². The van der Waals surface area contributed by atoms with Gasteiger partial charge in [0.15, 0.2) is 6.29 Å². The Morgan fingerprint density at radius 1 is 0.930 bits per heavy atom. The number of ether oxygens (including phenoxy) is 3. The Kier molecular flexibility index (Phi) is 8.88. The number of hydrogen-bond donors (Lipinski definition) is 0. The predicted octanol–water partition coefficient (Wildman–Crippen LogP) is 5.53. The fraction of sp³-hybridized carbons (Fsp3) is 0.472. The summed E-state index contributed by atoms with van der Waals surface area (Å²) in [7, 11) is -2.15. The summed E-state index contributed by atoms with van der Waals surface area (Å²) in [5, 5.41) is 2.43. The number of benzene rings is 3. The molecule has 2 aliphatic heterocycles. The summed E-state index contributed by atoms with van der Waals surface area (Å²) < 4.78 is 40.4. The number of cyclic esters (lactones) is 1. The highest BCUT2D eigenvalue weighted by Crippen LogP contribution is 2.57. The molecule has 2 unspecified atom stereocenters. The molecule has 3 aromatic rings. The van der Waals surface area contributed by atoms with Gasteiger partial charge < -0.3 is 18.6 Å². The summed E-state index contributed by atoms with van der Waals surface area (Å²) in [6, 6.07) is 27.8. The van der Waals surface area contributed by atoms with Crippen molar-refractivity contribution in [2.24, 2.45) is 17.3 Å². The van der Waals surface area contributed by atoms with E-state index in [9.17, 15) is 9.18 Å². The zero-order valence-electron chi connectivity index (χ0n) is 25.4. The van der Waals surface area contributed by atoms with Crippen molar-refractivity contribution in [2.75, 3.05) is 13.2 Å². The topological polar surface area (TPSA) is 54.0 Å². The fourth-order valence-corrected chi connectivity index (χ4v) is 10.4. The van der Waals surface area contributed by atoms with Gasteiger partial charge in [0.1, 0.15) is 5.82 Å². The molecule has 0 bridgehead atoms. The second kappa shape index (κ2) is 12.6.